The predicted molar refractivity (Wildman–Crippen MR) is 87.2 cm³/mol. The Bertz CT molecular complexity index is 689. The predicted octanol–water partition coefficient (Wildman–Crippen LogP) is 3.49. The van der Waals surface area contributed by atoms with Crippen LogP contribution in [0.5, 0.6) is 0 Å². The van der Waals surface area contributed by atoms with Crippen molar-refractivity contribution in [3.05, 3.63) is 52.3 Å². The minimum absolute atomic E-state index is 0.350. The third-order valence-corrected chi connectivity index (χ3v) is 3.62. The minimum atomic E-state index is -0.422. The van der Waals surface area contributed by atoms with Crippen molar-refractivity contribution in [3.8, 4) is 0 Å². The largest absolute Gasteiger partial charge is 0.399 e. The molecule has 0 spiro atoms. The first kappa shape index (κ1) is 15.3. The number of nitrogens with one attached hydrogen (secondary N) is 1. The van der Waals surface area contributed by atoms with Gasteiger partial charge in [0.15, 0.2) is 0 Å². The first-order valence-corrected chi connectivity index (χ1v) is 7.01. The van der Waals surface area contributed by atoms with Crippen LogP contribution in [0.2, 0.25) is 0 Å². The van der Waals surface area contributed by atoms with E-state index in [1.165, 1.54) is 18.2 Å². The Kier molecular flexibility index (Phi) is 4.47. The molecule has 0 bridgehead atoms. The molecule has 0 atom stereocenters. The van der Waals surface area contributed by atoms with Gasteiger partial charge in [0.25, 0.3) is 5.91 Å². The van der Waals surface area contributed by atoms with Gasteiger partial charge in [-0.05, 0) is 52.3 Å². The third-order valence-electron chi connectivity index (χ3n) is 2.92. The van der Waals surface area contributed by atoms with Gasteiger partial charge in [0.2, 0.25) is 0 Å². The molecule has 1 amide bonds. The summed E-state index contributed by atoms with van der Waals surface area (Å²) in [6, 6.07) is 9.19. The number of nitrogens with two attached hydrogens (primary N) is 1. The van der Waals surface area contributed by atoms with E-state index in [0.29, 0.717) is 21.4 Å². The third kappa shape index (κ3) is 3.52. The quantitative estimate of drug-likeness (QED) is 0.832. The molecule has 2 rings (SSSR count). The molecule has 6 heteroatoms. The second-order valence-corrected chi connectivity index (χ2v) is 5.60. The van der Waals surface area contributed by atoms with Gasteiger partial charge in [0.05, 0.1) is 11.3 Å². The van der Waals surface area contributed by atoms with E-state index in [0.717, 1.165) is 5.69 Å². The van der Waals surface area contributed by atoms with E-state index >= 15 is 0 Å². The Morgan fingerprint density at radius 1 is 1.24 bits per heavy atom. The summed E-state index contributed by atoms with van der Waals surface area (Å²) in [5, 5.41) is 2.68. The van der Waals surface area contributed by atoms with Gasteiger partial charge in [-0.2, -0.15) is 0 Å². The lowest BCUT2D eigenvalue weighted by atomic mass is 10.1. The highest BCUT2D eigenvalue weighted by Crippen LogP contribution is 2.26. The molecule has 0 aliphatic heterocycles. The normalized spacial score (nSPS) is 10.3. The highest BCUT2D eigenvalue weighted by molar-refractivity contribution is 9.10. The van der Waals surface area contributed by atoms with E-state index in [1.54, 1.807) is 18.2 Å². The van der Waals surface area contributed by atoms with Crippen molar-refractivity contribution >= 4 is 38.9 Å². The number of carbonyl (C=O) groups excluding carboxylic acids is 1. The van der Waals surface area contributed by atoms with Crippen molar-refractivity contribution in [2.24, 2.45) is 0 Å². The lowest BCUT2D eigenvalue weighted by Gasteiger charge is -2.18. The van der Waals surface area contributed by atoms with E-state index in [4.69, 9.17) is 5.73 Å². The van der Waals surface area contributed by atoms with E-state index in [9.17, 15) is 9.18 Å². The van der Waals surface area contributed by atoms with Gasteiger partial charge in [-0.15, -0.1) is 0 Å². The number of halogens is 2. The van der Waals surface area contributed by atoms with Crippen LogP contribution in [0, 0.1) is 5.82 Å². The van der Waals surface area contributed by atoms with E-state index < -0.39 is 5.82 Å². The summed E-state index contributed by atoms with van der Waals surface area (Å²) in [6.07, 6.45) is 0. The maximum absolute atomic E-state index is 13.3. The van der Waals surface area contributed by atoms with Crippen LogP contribution in [0.1, 0.15) is 10.4 Å². The van der Waals surface area contributed by atoms with Gasteiger partial charge >= 0.3 is 0 Å². The molecule has 0 fully saturated rings. The monoisotopic (exact) mass is 351 g/mol. The number of hydrogen-bond donors (Lipinski definition) is 2. The maximum Gasteiger partial charge on any atom is 0.257 e. The summed E-state index contributed by atoms with van der Waals surface area (Å²) in [5.74, 6) is -0.772. The van der Waals surface area contributed by atoms with Crippen molar-refractivity contribution in [1.82, 2.24) is 0 Å². The fraction of sp³-hybridized carbons (Fsp3) is 0.133. The van der Waals surface area contributed by atoms with Crippen LogP contribution < -0.4 is 16.0 Å². The van der Waals surface area contributed by atoms with Crippen LogP contribution in [0.15, 0.2) is 40.9 Å². The van der Waals surface area contributed by atoms with Gasteiger partial charge in [-0.25, -0.2) is 4.39 Å². The minimum Gasteiger partial charge on any atom is -0.399 e. The lowest BCUT2D eigenvalue weighted by Crippen LogP contribution is -2.19. The summed E-state index contributed by atoms with van der Waals surface area (Å²) in [5.41, 5.74) is 7.76. The number of anilines is 3. The molecule has 0 radical (unpaired) electrons. The van der Waals surface area contributed by atoms with Crippen LogP contribution in [0.4, 0.5) is 21.5 Å². The molecule has 0 saturated heterocycles. The van der Waals surface area contributed by atoms with Gasteiger partial charge in [0.1, 0.15) is 5.82 Å². The van der Waals surface area contributed by atoms with E-state index in [-0.39, 0.29) is 5.91 Å². The zero-order chi connectivity index (χ0) is 15.6. The summed E-state index contributed by atoms with van der Waals surface area (Å²) in [4.78, 5) is 14.2. The van der Waals surface area contributed by atoms with Crippen molar-refractivity contribution in [1.29, 1.82) is 0 Å². The Morgan fingerprint density at radius 3 is 2.62 bits per heavy atom. The number of rotatable bonds is 3. The van der Waals surface area contributed by atoms with Crippen LogP contribution in [-0.4, -0.2) is 20.0 Å². The molecule has 0 aromatic heterocycles. The molecule has 4 nitrogen and oxygen atoms in total. The number of amides is 1. The van der Waals surface area contributed by atoms with Crippen LogP contribution in [-0.2, 0) is 0 Å². The Hall–Kier alpha value is -2.08. The number of nitrogens with zero attached hydrogens (tertiary/aromatic N) is 1. The van der Waals surface area contributed by atoms with Crippen molar-refractivity contribution in [2.45, 2.75) is 0 Å². The molecule has 3 N–H and O–H groups in total. The van der Waals surface area contributed by atoms with E-state index in [1.807, 2.05) is 19.0 Å². The highest BCUT2D eigenvalue weighted by atomic mass is 79.9. The Labute approximate surface area is 130 Å². The highest BCUT2D eigenvalue weighted by Gasteiger charge is 2.15. The molecular weight excluding hydrogens is 337 g/mol. The van der Waals surface area contributed by atoms with Gasteiger partial charge in [-0.1, -0.05) is 0 Å². The smallest absolute Gasteiger partial charge is 0.257 e. The average Bonchev–Trinajstić information content (AvgIpc) is 2.42. The molecular formula is C15H15BrFN3O. The van der Waals surface area contributed by atoms with Crippen molar-refractivity contribution in [2.75, 3.05) is 30.0 Å². The zero-order valence-electron chi connectivity index (χ0n) is 11.7. The van der Waals surface area contributed by atoms with Crippen LogP contribution in [0.25, 0.3) is 0 Å². The molecule has 2 aromatic rings. The second kappa shape index (κ2) is 6.13. The molecule has 21 heavy (non-hydrogen) atoms. The lowest BCUT2D eigenvalue weighted by molar-refractivity contribution is 0.102. The summed E-state index contributed by atoms with van der Waals surface area (Å²) in [7, 11) is 3.67. The Morgan fingerprint density at radius 2 is 1.95 bits per heavy atom. The molecule has 0 aliphatic rings. The standard InChI is InChI=1S/C15H15BrFN3O/c1-20(2)14-6-4-10(18)8-11(14)15(21)19-13-7-9(17)3-5-12(13)16/h3-8H,18H2,1-2H3,(H,19,21). The van der Waals surface area contributed by atoms with Gasteiger partial charge in [0, 0.05) is 29.9 Å². The first-order chi connectivity index (χ1) is 9.88. The molecule has 0 heterocycles. The number of hydrogen-bond acceptors (Lipinski definition) is 3. The van der Waals surface area contributed by atoms with Gasteiger partial charge < -0.3 is 16.0 Å². The topological polar surface area (TPSA) is 58.4 Å². The van der Waals surface area contributed by atoms with Gasteiger partial charge in [-0.3, -0.25) is 4.79 Å². The Balaban J connectivity index is 2.36. The number of benzene rings is 2. The number of carbonyl (C=O) groups is 1. The van der Waals surface area contributed by atoms with E-state index in [2.05, 4.69) is 21.2 Å². The van der Waals surface area contributed by atoms with Crippen molar-refractivity contribution in [3.63, 3.8) is 0 Å². The molecule has 0 aliphatic carbocycles. The second-order valence-electron chi connectivity index (χ2n) is 4.75. The fourth-order valence-electron chi connectivity index (χ4n) is 1.91. The molecule has 110 valence electrons. The molecule has 0 saturated carbocycles. The fourth-order valence-corrected chi connectivity index (χ4v) is 2.25. The zero-order valence-corrected chi connectivity index (χ0v) is 13.2. The maximum atomic E-state index is 13.3. The summed E-state index contributed by atoms with van der Waals surface area (Å²) in [6.45, 7) is 0. The molecule has 2 aromatic carbocycles. The van der Waals surface area contributed by atoms with Crippen molar-refractivity contribution < 1.29 is 9.18 Å². The SMILES string of the molecule is CN(C)c1ccc(N)cc1C(=O)Nc1cc(F)ccc1Br. The summed E-state index contributed by atoms with van der Waals surface area (Å²) < 4.78 is 13.9. The number of nitrogen functional groups attached to an aromatic ring is 1. The van der Waals surface area contributed by atoms with Crippen LogP contribution >= 0.6 is 15.9 Å². The summed E-state index contributed by atoms with van der Waals surface area (Å²) >= 11 is 3.28. The van der Waals surface area contributed by atoms with Crippen LogP contribution in [0.3, 0.4) is 0 Å². The molecule has 0 unspecified atom stereocenters. The average molecular weight is 352 g/mol. The first-order valence-electron chi connectivity index (χ1n) is 6.21.